The highest BCUT2D eigenvalue weighted by molar-refractivity contribution is 8.85. The Hall–Kier alpha value is -0.0800. The highest BCUT2D eigenvalue weighted by Crippen LogP contribution is 2.36. The second kappa shape index (κ2) is 4.73. The van der Waals surface area contributed by atoms with Crippen molar-refractivity contribution in [3.8, 4) is 0 Å². The molecule has 1 atom stereocenters. The van der Waals surface area contributed by atoms with Gasteiger partial charge in [-0.05, 0) is 18.1 Å². The second-order valence-electron chi connectivity index (χ2n) is 2.39. The predicted molar refractivity (Wildman–Crippen MR) is 58.0 cm³/mol. The van der Waals surface area contributed by atoms with E-state index in [2.05, 4.69) is 36.8 Å². The molecule has 1 unspecified atom stereocenters. The molecule has 0 aliphatic heterocycles. The minimum atomic E-state index is -0.0575. The second-order valence-corrected chi connectivity index (χ2v) is 6.83. The first kappa shape index (κ1) is 9.01. The van der Waals surface area contributed by atoms with Gasteiger partial charge in [-0.25, -0.2) is 9.93 Å². The van der Waals surface area contributed by atoms with Gasteiger partial charge in [-0.1, -0.05) is 30.3 Å². The summed E-state index contributed by atoms with van der Waals surface area (Å²) in [5.74, 6) is 1.10. The molecule has 1 radical (unpaired) electrons. The van der Waals surface area contributed by atoms with Gasteiger partial charge < -0.3 is 0 Å². The summed E-state index contributed by atoms with van der Waals surface area (Å²) in [6, 6.07) is 10.5. The van der Waals surface area contributed by atoms with Crippen LogP contribution in [0.4, 0.5) is 0 Å². The molecule has 1 rings (SSSR count). The van der Waals surface area contributed by atoms with Crippen LogP contribution in [0.25, 0.3) is 0 Å². The molecule has 0 saturated carbocycles. The summed E-state index contributed by atoms with van der Waals surface area (Å²) in [6.45, 7) is 0. The number of rotatable bonds is 3. The molecule has 0 fully saturated rings. The molecule has 61 valence electrons. The summed E-state index contributed by atoms with van der Waals surface area (Å²) in [5, 5.41) is 0. The average Bonchev–Trinajstić information content (AvgIpc) is 2.03. The Morgan fingerprint density at radius 3 is 2.55 bits per heavy atom. The van der Waals surface area contributed by atoms with Crippen molar-refractivity contribution in [3.05, 3.63) is 42.2 Å². The minimum absolute atomic E-state index is 0.0575. The molecule has 0 amide bonds. The smallest absolute Gasteiger partial charge is 0.0271 e. The molecule has 11 heavy (non-hydrogen) atoms. The maximum atomic E-state index is 3.98. The van der Waals surface area contributed by atoms with Gasteiger partial charge in [-0.2, -0.15) is 0 Å². The third kappa shape index (κ3) is 3.73. The summed E-state index contributed by atoms with van der Waals surface area (Å²) in [7, 11) is 1.88. The van der Waals surface area contributed by atoms with Gasteiger partial charge >= 0.3 is 0 Å². The predicted octanol–water partition coefficient (Wildman–Crippen LogP) is 3.26. The summed E-state index contributed by atoms with van der Waals surface area (Å²) in [5.41, 5.74) is 1.40. The normalized spacial score (nSPS) is 11.3. The van der Waals surface area contributed by atoms with E-state index < -0.39 is 0 Å². The Kier molecular flexibility index (Phi) is 3.87. The third-order valence-corrected chi connectivity index (χ3v) is 3.91. The first-order chi connectivity index (χ1) is 5.29. The van der Waals surface area contributed by atoms with Crippen molar-refractivity contribution in [2.45, 2.75) is 5.75 Å². The summed E-state index contributed by atoms with van der Waals surface area (Å²) < 4.78 is 0. The molecule has 0 spiro atoms. The Morgan fingerprint density at radius 2 is 2.00 bits per heavy atom. The highest BCUT2D eigenvalue weighted by Gasteiger charge is 1.92. The van der Waals surface area contributed by atoms with E-state index in [0.29, 0.717) is 0 Å². The van der Waals surface area contributed by atoms with E-state index in [4.69, 9.17) is 0 Å². The van der Waals surface area contributed by atoms with Crippen LogP contribution in [0.5, 0.6) is 0 Å². The van der Waals surface area contributed by atoms with Crippen LogP contribution in [0, 0.1) is 6.26 Å². The number of hydrogen-bond donors (Lipinski definition) is 1. The number of thiol groups is 1. The van der Waals surface area contributed by atoms with Crippen LogP contribution < -0.4 is 0 Å². The van der Waals surface area contributed by atoms with Gasteiger partial charge in [0, 0.05) is 5.75 Å². The van der Waals surface area contributed by atoms with Crippen molar-refractivity contribution in [1.82, 2.24) is 0 Å². The Bertz CT molecular complexity index is 194. The number of hydrogen-bond acceptors (Lipinski definition) is 1. The summed E-state index contributed by atoms with van der Waals surface area (Å²) in [6.07, 6.45) is 6.16. The molecule has 0 bridgehead atoms. The van der Waals surface area contributed by atoms with E-state index in [1.165, 1.54) is 5.56 Å². The van der Waals surface area contributed by atoms with Crippen molar-refractivity contribution in [2.24, 2.45) is 0 Å². The molecule has 0 aliphatic rings. The van der Waals surface area contributed by atoms with Crippen molar-refractivity contribution in [1.29, 1.82) is 0 Å². The molecule has 0 heterocycles. The molecule has 0 N–H and O–H groups in total. The molecular formula is C9H13S2. The van der Waals surface area contributed by atoms with Gasteiger partial charge in [0.2, 0.25) is 0 Å². The third-order valence-electron chi connectivity index (χ3n) is 1.29. The first-order valence-electron chi connectivity index (χ1n) is 3.50. The van der Waals surface area contributed by atoms with E-state index in [0.717, 1.165) is 5.75 Å². The average molecular weight is 185 g/mol. The first-order valence-corrected chi connectivity index (χ1v) is 7.06. The highest BCUT2D eigenvalue weighted by atomic mass is 33.1. The fourth-order valence-electron chi connectivity index (χ4n) is 0.759. The lowest BCUT2D eigenvalue weighted by atomic mass is 10.2. The zero-order valence-electron chi connectivity index (χ0n) is 6.66. The maximum absolute atomic E-state index is 3.98. The van der Waals surface area contributed by atoms with Gasteiger partial charge in [0.1, 0.15) is 0 Å². The lowest BCUT2D eigenvalue weighted by molar-refractivity contribution is 1.43. The van der Waals surface area contributed by atoms with Gasteiger partial charge in [0.25, 0.3) is 0 Å². The quantitative estimate of drug-likeness (QED) is 0.557. The van der Waals surface area contributed by atoms with Gasteiger partial charge in [0.05, 0.1) is 0 Å². The van der Waals surface area contributed by atoms with Crippen LogP contribution in [0.1, 0.15) is 5.56 Å². The monoisotopic (exact) mass is 185 g/mol. The molecule has 1 aromatic rings. The van der Waals surface area contributed by atoms with Crippen molar-refractivity contribution in [2.75, 3.05) is 6.26 Å². The zero-order chi connectivity index (χ0) is 8.10. The van der Waals surface area contributed by atoms with Crippen molar-refractivity contribution in [3.63, 3.8) is 0 Å². The zero-order valence-corrected chi connectivity index (χ0v) is 8.37. The van der Waals surface area contributed by atoms with Crippen LogP contribution >= 0.6 is 20.7 Å². The van der Waals surface area contributed by atoms with Crippen LogP contribution in [0.2, 0.25) is 0 Å². The topological polar surface area (TPSA) is 0 Å². The van der Waals surface area contributed by atoms with E-state index >= 15 is 0 Å². The van der Waals surface area contributed by atoms with Gasteiger partial charge in [-0.15, -0.1) is 10.8 Å². The van der Waals surface area contributed by atoms with E-state index in [1.807, 2.05) is 16.9 Å². The van der Waals surface area contributed by atoms with Crippen LogP contribution in [0.15, 0.2) is 30.3 Å². The largest absolute Gasteiger partial charge is 0.207 e. The van der Waals surface area contributed by atoms with Crippen LogP contribution in [0.3, 0.4) is 0 Å². The summed E-state index contributed by atoms with van der Waals surface area (Å²) in [4.78, 5) is 0. The van der Waals surface area contributed by atoms with Crippen LogP contribution in [-0.2, 0) is 5.75 Å². The van der Waals surface area contributed by atoms with Crippen LogP contribution in [-0.4, -0.2) is 6.26 Å². The molecular weight excluding hydrogens is 172 g/mol. The fourth-order valence-corrected chi connectivity index (χ4v) is 2.43. The van der Waals surface area contributed by atoms with Gasteiger partial charge in [-0.3, -0.25) is 0 Å². The molecule has 0 saturated heterocycles. The Morgan fingerprint density at radius 1 is 1.36 bits per heavy atom. The fraction of sp³-hybridized carbons (Fsp3) is 0.222. The lowest BCUT2D eigenvalue weighted by Crippen LogP contribution is -1.76. The molecule has 0 aliphatic carbocycles. The maximum Gasteiger partial charge on any atom is 0.0271 e. The number of benzene rings is 1. The standard InChI is InChI=1S/C9H13S2/c1-11(2)10-8-9-6-4-3-5-7-9/h3-7,11H,1,8H2,2H3. The Labute approximate surface area is 75.1 Å². The van der Waals surface area contributed by atoms with Crippen molar-refractivity contribution < 1.29 is 0 Å². The Balaban J connectivity index is 2.39. The minimum Gasteiger partial charge on any atom is -0.207 e. The van der Waals surface area contributed by atoms with E-state index in [1.54, 1.807) is 0 Å². The lowest BCUT2D eigenvalue weighted by Gasteiger charge is -2.06. The van der Waals surface area contributed by atoms with E-state index in [-0.39, 0.29) is 9.93 Å². The van der Waals surface area contributed by atoms with Crippen molar-refractivity contribution >= 4 is 20.7 Å². The molecule has 0 aromatic heterocycles. The molecule has 0 nitrogen and oxygen atoms in total. The SMILES string of the molecule is [CH2][SH](C)SCc1ccccc1. The van der Waals surface area contributed by atoms with Gasteiger partial charge in [0.15, 0.2) is 0 Å². The molecule has 2 heteroatoms. The molecule has 1 aromatic carbocycles. The summed E-state index contributed by atoms with van der Waals surface area (Å²) >= 11 is 0. The van der Waals surface area contributed by atoms with E-state index in [9.17, 15) is 0 Å².